The van der Waals surface area contributed by atoms with Gasteiger partial charge < -0.3 is 10.6 Å². The number of carbonyl (C=O) groups is 2. The van der Waals surface area contributed by atoms with Crippen molar-refractivity contribution in [2.45, 2.75) is 31.2 Å². The first-order valence-electron chi connectivity index (χ1n) is 10.8. The second-order valence-corrected chi connectivity index (χ2v) is 9.16. The predicted octanol–water partition coefficient (Wildman–Crippen LogP) is 5.32. The molecule has 4 aromatic rings. The normalized spacial score (nSPS) is 11.6. The molecule has 0 aliphatic heterocycles. The molecule has 0 saturated heterocycles. The maximum absolute atomic E-state index is 12.9. The van der Waals surface area contributed by atoms with Crippen molar-refractivity contribution in [3.63, 3.8) is 0 Å². The molecular weight excluding hydrogens is 446 g/mol. The molecule has 172 valence electrons. The molecule has 2 amide bonds. The van der Waals surface area contributed by atoms with Crippen LogP contribution in [-0.2, 0) is 9.59 Å². The Morgan fingerprint density at radius 3 is 2.09 bits per heavy atom. The number of benzene rings is 3. The van der Waals surface area contributed by atoms with Crippen molar-refractivity contribution < 1.29 is 9.59 Å². The van der Waals surface area contributed by atoms with Gasteiger partial charge in [0.05, 0.1) is 5.25 Å². The van der Waals surface area contributed by atoms with Crippen LogP contribution in [0.3, 0.4) is 0 Å². The van der Waals surface area contributed by atoms with E-state index in [2.05, 4.69) is 20.8 Å². The quantitative estimate of drug-likeness (QED) is 0.356. The summed E-state index contributed by atoms with van der Waals surface area (Å²) in [6, 6.07) is 25.0. The molecule has 0 aliphatic carbocycles. The van der Waals surface area contributed by atoms with Gasteiger partial charge in [-0.25, -0.2) is 0 Å². The fourth-order valence-electron chi connectivity index (χ4n) is 3.34. The fourth-order valence-corrected chi connectivity index (χ4v) is 4.21. The largest absolute Gasteiger partial charge is 0.326 e. The third kappa shape index (κ3) is 5.52. The Balaban J connectivity index is 1.55. The van der Waals surface area contributed by atoms with Gasteiger partial charge in [0.2, 0.25) is 11.8 Å². The first-order valence-corrected chi connectivity index (χ1v) is 11.7. The van der Waals surface area contributed by atoms with Crippen LogP contribution >= 0.6 is 11.8 Å². The lowest BCUT2D eigenvalue weighted by molar-refractivity contribution is -0.115. The zero-order valence-corrected chi connectivity index (χ0v) is 20.0. The van der Waals surface area contributed by atoms with E-state index in [0.29, 0.717) is 22.4 Å². The molecule has 34 heavy (non-hydrogen) atoms. The van der Waals surface area contributed by atoms with Gasteiger partial charge in [-0.1, -0.05) is 59.8 Å². The van der Waals surface area contributed by atoms with Crippen molar-refractivity contribution in [3.05, 3.63) is 84.4 Å². The molecule has 0 saturated carbocycles. The van der Waals surface area contributed by atoms with E-state index in [1.165, 1.54) is 18.7 Å². The van der Waals surface area contributed by atoms with Crippen molar-refractivity contribution in [3.8, 4) is 17.1 Å². The van der Waals surface area contributed by atoms with Gasteiger partial charge in [-0.05, 0) is 50.2 Å². The van der Waals surface area contributed by atoms with Crippen LogP contribution in [0.1, 0.15) is 19.4 Å². The van der Waals surface area contributed by atoms with Crippen molar-refractivity contribution in [2.75, 3.05) is 10.6 Å². The van der Waals surface area contributed by atoms with Crippen molar-refractivity contribution in [2.24, 2.45) is 0 Å². The molecule has 0 spiro atoms. The van der Waals surface area contributed by atoms with E-state index >= 15 is 0 Å². The number of anilines is 2. The number of aromatic nitrogens is 3. The third-order valence-corrected chi connectivity index (χ3v) is 6.12. The number of nitrogens with one attached hydrogen (secondary N) is 2. The average Bonchev–Trinajstić information content (AvgIpc) is 3.24. The molecule has 0 bridgehead atoms. The van der Waals surface area contributed by atoms with Crippen molar-refractivity contribution >= 4 is 35.0 Å². The molecule has 1 heterocycles. The lowest BCUT2D eigenvalue weighted by atomic mass is 10.2. The SMILES string of the molecule is CC(=O)Nc1ccc(NC(=O)C(C)Sc2nnc(-c3ccccc3)n2-c2ccc(C)cc2)cc1. The topological polar surface area (TPSA) is 88.9 Å². The lowest BCUT2D eigenvalue weighted by Crippen LogP contribution is -2.23. The highest BCUT2D eigenvalue weighted by molar-refractivity contribution is 8.00. The monoisotopic (exact) mass is 471 g/mol. The van der Waals surface area contributed by atoms with Crippen LogP contribution in [0, 0.1) is 6.92 Å². The van der Waals surface area contributed by atoms with Gasteiger partial charge >= 0.3 is 0 Å². The Labute approximate surface area is 202 Å². The summed E-state index contributed by atoms with van der Waals surface area (Å²) in [4.78, 5) is 24.1. The summed E-state index contributed by atoms with van der Waals surface area (Å²) in [5.74, 6) is 0.416. The van der Waals surface area contributed by atoms with Gasteiger partial charge in [0.1, 0.15) is 0 Å². The molecule has 0 aliphatic rings. The Hall–Kier alpha value is -3.91. The Kier molecular flexibility index (Phi) is 7.08. The molecule has 1 unspecified atom stereocenters. The molecule has 1 atom stereocenters. The average molecular weight is 472 g/mol. The maximum atomic E-state index is 12.9. The number of carbonyl (C=O) groups excluding carboxylic acids is 2. The van der Waals surface area contributed by atoms with Gasteiger partial charge in [-0.2, -0.15) is 0 Å². The molecule has 7 nitrogen and oxygen atoms in total. The lowest BCUT2D eigenvalue weighted by Gasteiger charge is -2.14. The Morgan fingerprint density at radius 2 is 1.47 bits per heavy atom. The minimum Gasteiger partial charge on any atom is -0.326 e. The number of amides is 2. The minimum atomic E-state index is -0.424. The molecule has 0 fully saturated rings. The van der Waals surface area contributed by atoms with Crippen LogP contribution in [0.25, 0.3) is 17.1 Å². The molecular formula is C26H25N5O2S. The summed E-state index contributed by atoms with van der Waals surface area (Å²) in [5.41, 5.74) is 4.35. The number of thioether (sulfide) groups is 1. The number of hydrogen-bond acceptors (Lipinski definition) is 5. The summed E-state index contributed by atoms with van der Waals surface area (Å²) in [6.07, 6.45) is 0. The van der Waals surface area contributed by atoms with Gasteiger partial charge in [-0.15, -0.1) is 10.2 Å². The Bertz CT molecular complexity index is 1290. The third-order valence-electron chi connectivity index (χ3n) is 5.08. The van der Waals surface area contributed by atoms with E-state index in [1.54, 1.807) is 24.3 Å². The fraction of sp³-hybridized carbons (Fsp3) is 0.154. The van der Waals surface area contributed by atoms with Crippen LogP contribution in [0.5, 0.6) is 0 Å². The molecule has 0 radical (unpaired) electrons. The number of aryl methyl sites for hydroxylation is 1. The van der Waals surface area contributed by atoms with Crippen molar-refractivity contribution in [1.29, 1.82) is 0 Å². The summed E-state index contributed by atoms with van der Waals surface area (Å²) >= 11 is 1.34. The van der Waals surface area contributed by atoms with Crippen LogP contribution in [-0.4, -0.2) is 31.8 Å². The Morgan fingerprint density at radius 1 is 0.853 bits per heavy atom. The maximum Gasteiger partial charge on any atom is 0.237 e. The summed E-state index contributed by atoms with van der Waals surface area (Å²) < 4.78 is 1.98. The van der Waals surface area contributed by atoms with Crippen LogP contribution in [0.2, 0.25) is 0 Å². The van der Waals surface area contributed by atoms with Crippen LogP contribution < -0.4 is 10.6 Å². The predicted molar refractivity (Wildman–Crippen MR) is 136 cm³/mol. The first kappa shape index (κ1) is 23.3. The first-order chi connectivity index (χ1) is 16.4. The highest BCUT2D eigenvalue weighted by Gasteiger charge is 2.22. The van der Waals surface area contributed by atoms with Crippen LogP contribution in [0.15, 0.2) is 84.0 Å². The van der Waals surface area contributed by atoms with E-state index in [-0.39, 0.29) is 11.8 Å². The highest BCUT2D eigenvalue weighted by Crippen LogP contribution is 2.30. The van der Waals surface area contributed by atoms with E-state index < -0.39 is 5.25 Å². The van der Waals surface area contributed by atoms with E-state index in [1.807, 2.05) is 73.0 Å². The number of hydrogen-bond donors (Lipinski definition) is 2. The van der Waals surface area contributed by atoms with Gasteiger partial charge in [0.15, 0.2) is 11.0 Å². The zero-order chi connectivity index (χ0) is 24.1. The summed E-state index contributed by atoms with van der Waals surface area (Å²) in [7, 11) is 0. The molecule has 2 N–H and O–H groups in total. The van der Waals surface area contributed by atoms with Gasteiger partial charge in [0.25, 0.3) is 0 Å². The number of nitrogens with zero attached hydrogens (tertiary/aromatic N) is 3. The zero-order valence-electron chi connectivity index (χ0n) is 19.1. The van der Waals surface area contributed by atoms with E-state index in [0.717, 1.165) is 16.8 Å². The van der Waals surface area contributed by atoms with Gasteiger partial charge in [0, 0.05) is 29.5 Å². The molecule has 4 rings (SSSR count). The molecule has 1 aromatic heterocycles. The van der Waals surface area contributed by atoms with E-state index in [9.17, 15) is 9.59 Å². The summed E-state index contributed by atoms with van der Waals surface area (Å²) in [6.45, 7) is 5.33. The van der Waals surface area contributed by atoms with Crippen LogP contribution in [0.4, 0.5) is 11.4 Å². The molecule has 3 aromatic carbocycles. The summed E-state index contributed by atoms with van der Waals surface area (Å²) in [5, 5.41) is 14.7. The van der Waals surface area contributed by atoms with Gasteiger partial charge in [-0.3, -0.25) is 14.2 Å². The standard InChI is InChI=1S/C26H25N5O2S/c1-17-9-15-23(16-10-17)31-24(20-7-5-4-6-8-20)29-30-26(31)34-18(2)25(33)28-22-13-11-21(12-14-22)27-19(3)32/h4-16,18H,1-3H3,(H,27,32)(H,28,33). The smallest absolute Gasteiger partial charge is 0.237 e. The number of rotatable bonds is 7. The minimum absolute atomic E-state index is 0.144. The second-order valence-electron chi connectivity index (χ2n) is 7.85. The van der Waals surface area contributed by atoms with Crippen molar-refractivity contribution in [1.82, 2.24) is 14.8 Å². The molecule has 8 heteroatoms. The van der Waals surface area contributed by atoms with E-state index in [4.69, 9.17) is 0 Å². The second kappa shape index (κ2) is 10.4. The highest BCUT2D eigenvalue weighted by atomic mass is 32.2.